The van der Waals surface area contributed by atoms with Gasteiger partial charge in [-0.1, -0.05) is 65.3 Å². The first kappa shape index (κ1) is 21.4. The van der Waals surface area contributed by atoms with E-state index >= 15 is 0 Å². The highest BCUT2D eigenvalue weighted by Gasteiger charge is 2.18. The van der Waals surface area contributed by atoms with Gasteiger partial charge in [0, 0.05) is 27.0 Å². The molecule has 8 heteroatoms. The molecular weight excluding hydrogens is 451 g/mol. The molecule has 1 aromatic heterocycles. The maximum Gasteiger partial charge on any atom is 0.234 e. The number of para-hydroxylation sites is 1. The SMILES string of the molecule is Cc1ccc(-c2nnc(SCC(=O)Nc3ccc(Cl)cc3)n2-c2ccccc2)cc1Cl. The van der Waals surface area contributed by atoms with Gasteiger partial charge in [0.15, 0.2) is 11.0 Å². The van der Waals surface area contributed by atoms with Gasteiger partial charge in [-0.2, -0.15) is 0 Å². The standard InChI is InChI=1S/C23H18Cl2N4OS/c1-15-7-8-16(13-20(15)25)22-27-28-23(29(22)19-5-3-2-4-6-19)31-14-21(30)26-18-11-9-17(24)10-12-18/h2-13H,14H2,1H3,(H,26,30). The van der Waals surface area contributed by atoms with Crippen LogP contribution in [0.15, 0.2) is 78.0 Å². The molecule has 0 unspecified atom stereocenters. The third-order valence-electron chi connectivity index (χ3n) is 4.54. The highest BCUT2D eigenvalue weighted by Crippen LogP contribution is 2.30. The molecule has 156 valence electrons. The van der Waals surface area contributed by atoms with E-state index in [9.17, 15) is 4.79 Å². The monoisotopic (exact) mass is 468 g/mol. The van der Waals surface area contributed by atoms with Crippen molar-refractivity contribution < 1.29 is 4.79 Å². The summed E-state index contributed by atoms with van der Waals surface area (Å²) in [5, 5.41) is 13.5. The molecule has 0 saturated heterocycles. The van der Waals surface area contributed by atoms with Crippen LogP contribution >= 0.6 is 35.0 Å². The number of carbonyl (C=O) groups is 1. The highest BCUT2D eigenvalue weighted by atomic mass is 35.5. The van der Waals surface area contributed by atoms with Crippen LogP contribution in [0.5, 0.6) is 0 Å². The molecule has 0 aliphatic heterocycles. The summed E-state index contributed by atoms with van der Waals surface area (Å²) in [6, 6.07) is 22.6. The highest BCUT2D eigenvalue weighted by molar-refractivity contribution is 7.99. The first-order valence-corrected chi connectivity index (χ1v) is 11.2. The minimum absolute atomic E-state index is 0.144. The third-order valence-corrected chi connectivity index (χ3v) is 6.13. The number of nitrogens with zero attached hydrogens (tertiary/aromatic N) is 3. The van der Waals surface area contributed by atoms with Crippen LogP contribution in [-0.4, -0.2) is 26.4 Å². The van der Waals surface area contributed by atoms with E-state index in [2.05, 4.69) is 15.5 Å². The zero-order valence-corrected chi connectivity index (χ0v) is 18.9. The van der Waals surface area contributed by atoms with Crippen LogP contribution in [0.1, 0.15) is 5.56 Å². The summed E-state index contributed by atoms with van der Waals surface area (Å²) in [7, 11) is 0. The molecule has 0 atom stereocenters. The van der Waals surface area contributed by atoms with Crippen LogP contribution in [0.25, 0.3) is 17.1 Å². The Morgan fingerprint density at radius 1 is 1.00 bits per heavy atom. The van der Waals surface area contributed by atoms with E-state index in [0.717, 1.165) is 16.8 Å². The average molecular weight is 469 g/mol. The number of thioether (sulfide) groups is 1. The molecule has 0 saturated carbocycles. The Hall–Kier alpha value is -2.80. The van der Waals surface area contributed by atoms with Gasteiger partial charge in [-0.25, -0.2) is 0 Å². The number of benzene rings is 3. The normalized spacial score (nSPS) is 10.8. The lowest BCUT2D eigenvalue weighted by Crippen LogP contribution is -2.14. The number of aryl methyl sites for hydroxylation is 1. The summed E-state index contributed by atoms with van der Waals surface area (Å²) in [5.74, 6) is 0.700. The number of hydrogen-bond acceptors (Lipinski definition) is 4. The first-order valence-electron chi connectivity index (χ1n) is 9.47. The van der Waals surface area contributed by atoms with E-state index in [0.29, 0.717) is 26.7 Å². The number of anilines is 1. The van der Waals surface area contributed by atoms with Crippen molar-refractivity contribution >= 4 is 46.6 Å². The molecule has 5 nitrogen and oxygen atoms in total. The molecule has 0 radical (unpaired) electrons. The fraction of sp³-hybridized carbons (Fsp3) is 0.0870. The third kappa shape index (κ3) is 5.10. The van der Waals surface area contributed by atoms with Gasteiger partial charge in [-0.15, -0.1) is 10.2 Å². The average Bonchev–Trinajstić information content (AvgIpc) is 3.20. The molecule has 4 aromatic rings. The topological polar surface area (TPSA) is 59.8 Å². The molecule has 1 amide bonds. The predicted octanol–water partition coefficient (Wildman–Crippen LogP) is 6.28. The van der Waals surface area contributed by atoms with Crippen molar-refractivity contribution in [3.63, 3.8) is 0 Å². The van der Waals surface area contributed by atoms with Crippen LogP contribution in [-0.2, 0) is 4.79 Å². The summed E-state index contributed by atoms with van der Waals surface area (Å²) in [4.78, 5) is 12.4. The van der Waals surface area contributed by atoms with E-state index in [1.807, 2.05) is 60.0 Å². The Labute approximate surface area is 194 Å². The van der Waals surface area contributed by atoms with E-state index in [4.69, 9.17) is 23.2 Å². The zero-order chi connectivity index (χ0) is 21.8. The fourth-order valence-corrected chi connectivity index (χ4v) is 4.01. The molecule has 0 fully saturated rings. The molecule has 0 aliphatic carbocycles. The summed E-state index contributed by atoms with van der Waals surface area (Å²) in [6.07, 6.45) is 0. The molecule has 0 aliphatic rings. The Balaban J connectivity index is 1.60. The summed E-state index contributed by atoms with van der Waals surface area (Å²) < 4.78 is 1.93. The van der Waals surface area contributed by atoms with Crippen molar-refractivity contribution in [1.82, 2.24) is 14.8 Å². The molecule has 1 heterocycles. The van der Waals surface area contributed by atoms with Gasteiger partial charge >= 0.3 is 0 Å². The number of hydrogen-bond donors (Lipinski definition) is 1. The van der Waals surface area contributed by atoms with Crippen molar-refractivity contribution in [1.29, 1.82) is 0 Å². The molecule has 4 rings (SSSR count). The number of aromatic nitrogens is 3. The largest absolute Gasteiger partial charge is 0.325 e. The van der Waals surface area contributed by atoms with Gasteiger partial charge in [0.2, 0.25) is 5.91 Å². The molecule has 3 aromatic carbocycles. The lowest BCUT2D eigenvalue weighted by molar-refractivity contribution is -0.113. The van der Waals surface area contributed by atoms with E-state index in [-0.39, 0.29) is 11.7 Å². The van der Waals surface area contributed by atoms with Gasteiger partial charge in [0.05, 0.1) is 5.75 Å². The lowest BCUT2D eigenvalue weighted by Gasteiger charge is -2.11. The van der Waals surface area contributed by atoms with Gasteiger partial charge in [0.25, 0.3) is 0 Å². The van der Waals surface area contributed by atoms with Crippen LogP contribution < -0.4 is 5.32 Å². The maximum atomic E-state index is 12.4. The molecule has 0 spiro atoms. The van der Waals surface area contributed by atoms with E-state index < -0.39 is 0 Å². The van der Waals surface area contributed by atoms with E-state index in [1.165, 1.54) is 11.8 Å². The van der Waals surface area contributed by atoms with Crippen LogP contribution in [0.2, 0.25) is 10.0 Å². The Bertz CT molecular complexity index is 1210. The van der Waals surface area contributed by atoms with Crippen molar-refractivity contribution in [2.45, 2.75) is 12.1 Å². The number of rotatable bonds is 6. The molecule has 31 heavy (non-hydrogen) atoms. The fourth-order valence-electron chi connectivity index (χ4n) is 2.95. The minimum atomic E-state index is -0.144. The number of amides is 1. The van der Waals surface area contributed by atoms with E-state index in [1.54, 1.807) is 24.3 Å². The summed E-state index contributed by atoms with van der Waals surface area (Å²) in [6.45, 7) is 1.95. The van der Waals surface area contributed by atoms with Crippen molar-refractivity contribution in [3.8, 4) is 17.1 Å². The van der Waals surface area contributed by atoms with Gasteiger partial charge in [0.1, 0.15) is 0 Å². The van der Waals surface area contributed by atoms with Crippen molar-refractivity contribution in [2.24, 2.45) is 0 Å². The molecular formula is C23H18Cl2N4OS. The number of nitrogens with one attached hydrogen (secondary N) is 1. The Morgan fingerprint density at radius 3 is 2.45 bits per heavy atom. The predicted molar refractivity (Wildman–Crippen MR) is 127 cm³/mol. The van der Waals surface area contributed by atoms with Gasteiger partial charge < -0.3 is 5.32 Å². The van der Waals surface area contributed by atoms with Gasteiger partial charge in [-0.05, 0) is 55.0 Å². The second-order valence-corrected chi connectivity index (χ2v) is 8.57. The smallest absolute Gasteiger partial charge is 0.234 e. The number of halogens is 2. The van der Waals surface area contributed by atoms with Crippen LogP contribution in [0.4, 0.5) is 5.69 Å². The van der Waals surface area contributed by atoms with Crippen molar-refractivity contribution in [2.75, 3.05) is 11.1 Å². The lowest BCUT2D eigenvalue weighted by atomic mass is 10.1. The second kappa shape index (κ2) is 9.56. The molecule has 1 N–H and O–H groups in total. The minimum Gasteiger partial charge on any atom is -0.325 e. The zero-order valence-electron chi connectivity index (χ0n) is 16.5. The second-order valence-electron chi connectivity index (χ2n) is 6.78. The summed E-state index contributed by atoms with van der Waals surface area (Å²) in [5.41, 5.74) is 3.43. The Morgan fingerprint density at radius 2 is 1.74 bits per heavy atom. The number of carbonyl (C=O) groups excluding carboxylic acids is 1. The maximum absolute atomic E-state index is 12.4. The van der Waals surface area contributed by atoms with Gasteiger partial charge in [-0.3, -0.25) is 9.36 Å². The quantitative estimate of drug-likeness (QED) is 0.338. The first-order chi connectivity index (χ1) is 15.0. The van der Waals surface area contributed by atoms with Crippen molar-refractivity contribution in [3.05, 3.63) is 88.4 Å². The van der Waals surface area contributed by atoms with Crippen LogP contribution in [0.3, 0.4) is 0 Å². The van der Waals surface area contributed by atoms with Crippen LogP contribution in [0, 0.1) is 6.92 Å². The Kier molecular flexibility index (Phi) is 6.61. The molecule has 0 bridgehead atoms. The summed E-state index contributed by atoms with van der Waals surface area (Å²) >= 11 is 13.5.